The van der Waals surface area contributed by atoms with Crippen molar-refractivity contribution in [3.8, 4) is 0 Å². The van der Waals surface area contributed by atoms with E-state index in [4.69, 9.17) is 8.94 Å². The second kappa shape index (κ2) is 7.84. The Balaban J connectivity index is 0.000000921. The van der Waals surface area contributed by atoms with Crippen LogP contribution < -0.4 is 5.32 Å². The third-order valence-electron chi connectivity index (χ3n) is 1.44. The summed E-state index contributed by atoms with van der Waals surface area (Å²) in [6.07, 6.45) is 0. The van der Waals surface area contributed by atoms with Crippen molar-refractivity contribution >= 4 is 11.9 Å². The number of carboxylic acid groups (broad SMARTS) is 1. The van der Waals surface area contributed by atoms with Gasteiger partial charge in [-0.2, -0.15) is 0 Å². The van der Waals surface area contributed by atoms with Crippen LogP contribution in [0.2, 0.25) is 0 Å². The molecule has 6 heteroatoms. The molecule has 82 valence electrons. The molecule has 0 saturated heterocycles. The van der Waals surface area contributed by atoms with Crippen molar-refractivity contribution in [2.24, 2.45) is 0 Å². The zero-order valence-electron chi connectivity index (χ0n) is 7.62. The molecule has 0 atom stereocenters. The first kappa shape index (κ1) is 13.5. The number of hydrogen-bond donors (Lipinski definition) is 2. The maximum atomic E-state index is 11.2. The van der Waals surface area contributed by atoms with E-state index in [2.05, 4.69) is 5.32 Å². The average Bonchev–Trinajstić information content (AvgIpc) is 2.30. The van der Waals surface area contributed by atoms with Crippen LogP contribution in [0.4, 0.5) is 0 Å². The number of carbonyl (C=O) groups excluding carboxylic acids is 1. The summed E-state index contributed by atoms with van der Waals surface area (Å²) in [6.45, 7) is -0.353. The molecule has 15 heavy (non-hydrogen) atoms. The Bertz CT molecular complexity index is 328. The summed E-state index contributed by atoms with van der Waals surface area (Å²) in [6, 6.07) is 8.47. The Labute approximate surface area is 94.5 Å². The minimum atomic E-state index is -1.05. The zero-order chi connectivity index (χ0) is 11.7. The summed E-state index contributed by atoms with van der Waals surface area (Å²) in [5.41, 5.74) is 0.462. The van der Waals surface area contributed by atoms with Crippen LogP contribution in [0.15, 0.2) is 30.3 Å². The molecule has 5 nitrogen and oxygen atoms in total. The number of rotatable bonds is 3. The zero-order valence-corrected chi connectivity index (χ0v) is 8.72. The molecule has 0 unspecified atom stereocenters. The van der Waals surface area contributed by atoms with Crippen LogP contribution in [0, 0.1) is 0 Å². The summed E-state index contributed by atoms with van der Waals surface area (Å²) < 4.78 is 8.00. The Morgan fingerprint density at radius 1 is 1.20 bits per heavy atom. The Morgan fingerprint density at radius 2 is 1.73 bits per heavy atom. The average molecular weight is 251 g/mol. The fraction of sp³-hybridized carbons (Fsp3) is 0.111. The van der Waals surface area contributed by atoms with Crippen LogP contribution in [-0.2, 0) is 24.6 Å². The SMILES string of the molecule is O=C(O)CNC(=O)c1ccccc1.[O]=[Fe]. The van der Waals surface area contributed by atoms with Crippen molar-refractivity contribution in [3.05, 3.63) is 35.9 Å². The molecule has 0 aromatic heterocycles. The molecule has 0 fully saturated rings. The number of hydrogen-bond acceptors (Lipinski definition) is 3. The predicted molar refractivity (Wildman–Crippen MR) is 47.1 cm³/mol. The van der Waals surface area contributed by atoms with Gasteiger partial charge in [-0.05, 0) is 12.1 Å². The van der Waals surface area contributed by atoms with Crippen LogP contribution in [0.5, 0.6) is 0 Å². The van der Waals surface area contributed by atoms with E-state index in [-0.39, 0.29) is 12.5 Å². The molecule has 0 aliphatic heterocycles. The summed E-state index contributed by atoms with van der Waals surface area (Å²) in [5, 5.41) is 10.6. The predicted octanol–water partition coefficient (Wildman–Crippen LogP) is 0.380. The van der Waals surface area contributed by atoms with E-state index in [1.54, 1.807) is 30.3 Å². The monoisotopic (exact) mass is 251 g/mol. The molecule has 0 aliphatic carbocycles. The third-order valence-corrected chi connectivity index (χ3v) is 1.44. The van der Waals surface area contributed by atoms with Gasteiger partial charge in [0, 0.05) is 5.56 Å². The van der Waals surface area contributed by atoms with Crippen molar-refractivity contribution in [2.45, 2.75) is 0 Å². The second-order valence-electron chi connectivity index (χ2n) is 2.44. The van der Waals surface area contributed by atoms with Gasteiger partial charge in [0.15, 0.2) is 0 Å². The van der Waals surface area contributed by atoms with Gasteiger partial charge in [0.1, 0.15) is 6.54 Å². The van der Waals surface area contributed by atoms with E-state index in [0.29, 0.717) is 5.56 Å². The van der Waals surface area contributed by atoms with E-state index >= 15 is 0 Å². The molecular formula is C9H9FeNO4. The molecule has 0 aliphatic rings. The van der Waals surface area contributed by atoms with Gasteiger partial charge in [-0.3, -0.25) is 9.59 Å². The van der Waals surface area contributed by atoms with Gasteiger partial charge in [0.25, 0.3) is 5.91 Å². The maximum absolute atomic E-state index is 11.2. The van der Waals surface area contributed by atoms with Crippen molar-refractivity contribution in [1.82, 2.24) is 5.32 Å². The molecule has 2 N–H and O–H groups in total. The fourth-order valence-electron chi connectivity index (χ4n) is 0.847. The summed E-state index contributed by atoms with van der Waals surface area (Å²) in [7, 11) is 0. The molecule has 0 radical (unpaired) electrons. The summed E-state index contributed by atoms with van der Waals surface area (Å²) >= 11 is 2.00. The quantitative estimate of drug-likeness (QED) is 0.760. The van der Waals surface area contributed by atoms with Gasteiger partial charge in [-0.25, -0.2) is 0 Å². The molecule has 1 aromatic carbocycles. The van der Waals surface area contributed by atoms with Gasteiger partial charge < -0.3 is 10.4 Å². The van der Waals surface area contributed by atoms with Crippen LogP contribution >= 0.6 is 0 Å². The first-order valence-electron chi connectivity index (χ1n) is 3.89. The number of amides is 1. The minimum absolute atomic E-state index is 0.353. The van der Waals surface area contributed by atoms with Gasteiger partial charge >= 0.3 is 25.7 Å². The number of nitrogens with one attached hydrogen (secondary N) is 1. The number of carbonyl (C=O) groups is 2. The first-order valence-corrected chi connectivity index (χ1v) is 4.34. The summed E-state index contributed by atoms with van der Waals surface area (Å²) in [5.74, 6) is -1.42. The van der Waals surface area contributed by atoms with E-state index < -0.39 is 5.97 Å². The topological polar surface area (TPSA) is 83.5 Å². The van der Waals surface area contributed by atoms with Crippen molar-refractivity contribution in [2.75, 3.05) is 6.54 Å². The van der Waals surface area contributed by atoms with Gasteiger partial charge in [0.05, 0.1) is 0 Å². The van der Waals surface area contributed by atoms with E-state index in [1.165, 1.54) is 0 Å². The molecule has 0 saturated carbocycles. The Morgan fingerprint density at radius 3 is 2.20 bits per heavy atom. The normalized spacial score (nSPS) is 8.33. The van der Waals surface area contributed by atoms with Gasteiger partial charge in [-0.1, -0.05) is 18.2 Å². The molecule has 1 rings (SSSR count). The second-order valence-corrected chi connectivity index (χ2v) is 2.44. The van der Waals surface area contributed by atoms with E-state index in [1.807, 2.05) is 15.9 Å². The van der Waals surface area contributed by atoms with Crippen LogP contribution in [-0.4, -0.2) is 23.5 Å². The molecule has 1 amide bonds. The van der Waals surface area contributed by atoms with Gasteiger partial charge in [0.2, 0.25) is 0 Å². The molecule has 1 aromatic rings. The fourth-order valence-corrected chi connectivity index (χ4v) is 0.847. The number of carboxylic acids is 1. The van der Waals surface area contributed by atoms with Gasteiger partial charge in [-0.15, -0.1) is 0 Å². The van der Waals surface area contributed by atoms with E-state index in [9.17, 15) is 9.59 Å². The van der Waals surface area contributed by atoms with Crippen molar-refractivity contribution in [3.63, 3.8) is 0 Å². The molecule has 0 heterocycles. The molecule has 0 spiro atoms. The Kier molecular flexibility index (Phi) is 7.05. The Hall–Kier alpha value is -1.52. The molecular weight excluding hydrogens is 242 g/mol. The van der Waals surface area contributed by atoms with Crippen LogP contribution in [0.1, 0.15) is 10.4 Å². The van der Waals surface area contributed by atoms with Crippen LogP contribution in [0.3, 0.4) is 0 Å². The molecule has 0 bridgehead atoms. The number of benzene rings is 1. The summed E-state index contributed by atoms with van der Waals surface area (Å²) in [4.78, 5) is 21.3. The van der Waals surface area contributed by atoms with Crippen molar-refractivity contribution in [1.29, 1.82) is 0 Å². The van der Waals surface area contributed by atoms with Crippen LogP contribution in [0.25, 0.3) is 0 Å². The van der Waals surface area contributed by atoms with E-state index in [0.717, 1.165) is 0 Å². The third kappa shape index (κ3) is 5.72. The number of aliphatic carboxylic acids is 1. The standard InChI is InChI=1S/C9H9NO3.Fe.O/c11-8(12)6-10-9(13)7-4-2-1-3-5-7;;/h1-5H,6H2,(H,10,13)(H,11,12);;. The van der Waals surface area contributed by atoms with Crippen molar-refractivity contribution < 1.29 is 34.5 Å². The first-order chi connectivity index (χ1) is 7.20.